The zero-order valence-corrected chi connectivity index (χ0v) is 23.8. The molecule has 1 fully saturated rings. The van der Waals surface area contributed by atoms with Gasteiger partial charge in [0.15, 0.2) is 0 Å². The lowest BCUT2D eigenvalue weighted by atomic mass is 9.80. The first-order chi connectivity index (χ1) is 16.8. The van der Waals surface area contributed by atoms with Crippen molar-refractivity contribution in [3.05, 3.63) is 91.0 Å². The Hall–Kier alpha value is -1.74. The monoisotopic (exact) mass is 525 g/mol. The summed E-state index contributed by atoms with van der Waals surface area (Å²) in [7, 11) is -1.77. The van der Waals surface area contributed by atoms with Crippen LogP contribution in [0.3, 0.4) is 0 Å². The van der Waals surface area contributed by atoms with Gasteiger partial charge in [0.1, 0.15) is 23.2 Å². The van der Waals surface area contributed by atoms with Gasteiger partial charge in [-0.1, -0.05) is 54.6 Å². The van der Waals surface area contributed by atoms with Gasteiger partial charge >= 0.3 is 0 Å². The minimum Gasteiger partial charge on any atom is -1.00 e. The molecule has 0 amide bonds. The highest BCUT2D eigenvalue weighted by Crippen LogP contribution is 2.55. The first-order valence-electron chi connectivity index (χ1n) is 12.9. The fraction of sp³-hybridized carbons (Fsp3) is 0.419. The zero-order chi connectivity index (χ0) is 24.9. The molecule has 0 radical (unpaired) electrons. The summed E-state index contributed by atoms with van der Waals surface area (Å²) in [6, 6.07) is 33.3. The summed E-state index contributed by atoms with van der Waals surface area (Å²) in [6.45, 7) is 9.16. The van der Waals surface area contributed by atoms with E-state index in [1.54, 1.807) is 0 Å². The molecular weight excluding hydrogens is 485 g/mol. The number of hydroxylamine groups is 2. The molecule has 0 bridgehead atoms. The summed E-state index contributed by atoms with van der Waals surface area (Å²) in [4.78, 5) is 0. The van der Waals surface area contributed by atoms with Gasteiger partial charge in [-0.3, -0.25) is 0 Å². The Morgan fingerprint density at radius 3 is 1.50 bits per heavy atom. The summed E-state index contributed by atoms with van der Waals surface area (Å²) >= 11 is 0. The first kappa shape index (κ1) is 28.8. The first-order valence-corrected chi connectivity index (χ1v) is 14.9. The van der Waals surface area contributed by atoms with Crippen LogP contribution in [0.1, 0.15) is 53.4 Å². The van der Waals surface area contributed by atoms with E-state index >= 15 is 0 Å². The molecule has 1 heterocycles. The molecular formula is C31H41ClNO2P. The molecule has 194 valence electrons. The zero-order valence-electron chi connectivity index (χ0n) is 22.1. The molecule has 5 heteroatoms. The molecule has 36 heavy (non-hydrogen) atoms. The van der Waals surface area contributed by atoms with Gasteiger partial charge in [-0.25, -0.2) is 0 Å². The molecule has 0 unspecified atom stereocenters. The van der Waals surface area contributed by atoms with Crippen molar-refractivity contribution >= 4 is 23.2 Å². The van der Waals surface area contributed by atoms with E-state index in [0.29, 0.717) is 0 Å². The number of unbranched alkanes of at least 4 members (excludes halogenated alkanes) is 1. The molecule has 1 aliphatic rings. The molecule has 0 spiro atoms. The van der Waals surface area contributed by atoms with Crippen LogP contribution in [0.2, 0.25) is 0 Å². The molecule has 1 saturated heterocycles. The van der Waals surface area contributed by atoms with Crippen LogP contribution >= 0.6 is 7.26 Å². The van der Waals surface area contributed by atoms with Crippen molar-refractivity contribution in [2.45, 2.75) is 70.6 Å². The maximum atomic E-state index is 10.6. The highest BCUT2D eigenvalue weighted by atomic mass is 35.5. The van der Waals surface area contributed by atoms with Crippen LogP contribution in [-0.4, -0.2) is 40.2 Å². The smallest absolute Gasteiger partial charge is 0.112 e. The number of ether oxygens (including phenoxy) is 1. The minimum atomic E-state index is -1.77. The summed E-state index contributed by atoms with van der Waals surface area (Å²) in [5.41, 5.74) is -0.554. The van der Waals surface area contributed by atoms with E-state index in [1.165, 1.54) is 21.0 Å². The van der Waals surface area contributed by atoms with Gasteiger partial charge in [-0.15, -0.1) is 0 Å². The normalized spacial score (nSPS) is 17.9. The number of benzene rings is 3. The van der Waals surface area contributed by atoms with Crippen LogP contribution in [0.4, 0.5) is 0 Å². The fourth-order valence-electron chi connectivity index (χ4n) is 5.88. The van der Waals surface area contributed by atoms with Crippen LogP contribution in [0.15, 0.2) is 91.0 Å². The maximum absolute atomic E-state index is 10.6. The van der Waals surface area contributed by atoms with E-state index in [4.69, 9.17) is 4.74 Å². The van der Waals surface area contributed by atoms with E-state index in [9.17, 15) is 5.21 Å². The topological polar surface area (TPSA) is 32.7 Å². The van der Waals surface area contributed by atoms with Crippen molar-refractivity contribution in [2.24, 2.45) is 0 Å². The number of hydrogen-bond acceptors (Lipinski definition) is 3. The summed E-state index contributed by atoms with van der Waals surface area (Å²) < 4.78 is 6.41. The predicted molar refractivity (Wildman–Crippen MR) is 150 cm³/mol. The highest BCUT2D eigenvalue weighted by molar-refractivity contribution is 7.95. The van der Waals surface area contributed by atoms with Gasteiger partial charge in [0, 0.05) is 17.7 Å². The molecule has 0 aliphatic carbocycles. The van der Waals surface area contributed by atoms with E-state index in [1.807, 2.05) is 0 Å². The fourth-order valence-corrected chi connectivity index (χ4v) is 10.3. The van der Waals surface area contributed by atoms with Crippen molar-refractivity contribution in [1.29, 1.82) is 0 Å². The number of halogens is 1. The lowest BCUT2D eigenvalue weighted by Crippen LogP contribution is -3.00. The summed E-state index contributed by atoms with van der Waals surface area (Å²) in [5.74, 6) is 0. The Kier molecular flexibility index (Phi) is 9.77. The average molecular weight is 526 g/mol. The molecule has 0 saturated carbocycles. The van der Waals surface area contributed by atoms with Crippen LogP contribution in [0, 0.1) is 0 Å². The van der Waals surface area contributed by atoms with E-state index in [-0.39, 0.29) is 29.6 Å². The van der Waals surface area contributed by atoms with Crippen LogP contribution in [0.25, 0.3) is 0 Å². The van der Waals surface area contributed by atoms with Crippen LogP contribution < -0.4 is 28.3 Å². The Morgan fingerprint density at radius 2 is 1.11 bits per heavy atom. The summed E-state index contributed by atoms with van der Waals surface area (Å²) in [6.07, 6.45) is 5.15. The molecule has 0 atom stereocenters. The van der Waals surface area contributed by atoms with Crippen LogP contribution in [-0.2, 0) is 4.74 Å². The van der Waals surface area contributed by atoms with Gasteiger partial charge < -0.3 is 22.4 Å². The lowest BCUT2D eigenvalue weighted by Gasteiger charge is -2.51. The Balaban J connectivity index is 0.00000361. The second kappa shape index (κ2) is 12.2. The Labute approximate surface area is 224 Å². The van der Waals surface area contributed by atoms with Crippen molar-refractivity contribution in [1.82, 2.24) is 5.06 Å². The Morgan fingerprint density at radius 1 is 0.722 bits per heavy atom. The maximum Gasteiger partial charge on any atom is 0.112 e. The molecule has 1 N–H and O–H groups in total. The Bertz CT molecular complexity index is 945. The quantitative estimate of drug-likeness (QED) is 0.344. The third-order valence-electron chi connectivity index (χ3n) is 7.43. The second-order valence-electron chi connectivity index (χ2n) is 11.1. The third-order valence-corrected chi connectivity index (χ3v) is 12.0. The highest BCUT2D eigenvalue weighted by Gasteiger charge is 2.46. The average Bonchev–Trinajstić information content (AvgIpc) is 2.86. The number of hydrogen-bond donors (Lipinski definition) is 1. The molecule has 0 aromatic heterocycles. The number of piperidine rings is 1. The minimum absolute atomic E-state index is 0. The van der Waals surface area contributed by atoms with Crippen molar-refractivity contribution in [3.8, 4) is 0 Å². The summed E-state index contributed by atoms with van der Waals surface area (Å²) in [5, 5.41) is 16.4. The van der Waals surface area contributed by atoms with E-state index in [0.717, 1.165) is 38.5 Å². The largest absolute Gasteiger partial charge is 1.00 e. The van der Waals surface area contributed by atoms with E-state index in [2.05, 4.69) is 119 Å². The molecule has 4 rings (SSSR count). The van der Waals surface area contributed by atoms with Crippen molar-refractivity contribution in [3.63, 3.8) is 0 Å². The number of rotatable bonds is 9. The number of nitrogens with zero attached hydrogens (tertiary/aromatic N) is 1. The predicted octanol–water partition coefficient (Wildman–Crippen LogP) is 3.19. The third kappa shape index (κ3) is 6.21. The van der Waals surface area contributed by atoms with Gasteiger partial charge in [0.05, 0.1) is 12.3 Å². The standard InChI is InChI=1S/C31H41NO2P.ClH/c1-30(2)24-26(25-31(3,4)32(30)33)34-22-14-15-23-35(27-16-8-5-9-17-27,28-18-10-6-11-19-28)29-20-12-7-13-21-29;/h5-13,16-21,26,33H,14-15,22-25H2,1-4H3;1H/q+1;/p-1. The molecule has 3 aromatic carbocycles. The van der Waals surface area contributed by atoms with E-state index < -0.39 is 7.26 Å². The van der Waals surface area contributed by atoms with Gasteiger partial charge in [0.2, 0.25) is 0 Å². The molecule has 3 aromatic rings. The molecule has 3 nitrogen and oxygen atoms in total. The van der Waals surface area contributed by atoms with Crippen molar-refractivity contribution < 1.29 is 22.4 Å². The van der Waals surface area contributed by atoms with Gasteiger partial charge in [-0.05, 0) is 89.8 Å². The SMILES string of the molecule is CC1(C)CC(OCCCC[P+](c2ccccc2)(c2ccccc2)c2ccccc2)CC(C)(C)N1O.[Cl-]. The van der Waals surface area contributed by atoms with Crippen molar-refractivity contribution in [2.75, 3.05) is 12.8 Å². The lowest BCUT2D eigenvalue weighted by molar-refractivity contribution is -0.261. The van der Waals surface area contributed by atoms with Gasteiger partial charge in [0.25, 0.3) is 0 Å². The second-order valence-corrected chi connectivity index (χ2v) is 14.7. The molecule has 1 aliphatic heterocycles. The van der Waals surface area contributed by atoms with Crippen LogP contribution in [0.5, 0.6) is 0 Å². The van der Waals surface area contributed by atoms with Gasteiger partial charge in [-0.2, -0.15) is 5.06 Å².